The Morgan fingerprint density at radius 1 is 1.18 bits per heavy atom. The number of carbonyl (C=O) groups is 2. The number of rotatable bonds is 11. The molecule has 0 spiro atoms. The molecule has 0 fully saturated rings. The third kappa shape index (κ3) is 7.81. The largest absolute Gasteiger partial charge is 0.490 e. The Morgan fingerprint density at radius 2 is 1.97 bits per heavy atom. The highest BCUT2D eigenvalue weighted by Crippen LogP contribution is 2.35. The highest BCUT2D eigenvalue weighted by molar-refractivity contribution is 9.10. The van der Waals surface area contributed by atoms with Crippen molar-refractivity contribution in [2.75, 3.05) is 25.1 Å². The second-order valence-corrected chi connectivity index (χ2v) is 7.58. The number of nitrogens with one attached hydrogen (secondary N) is 1. The molecule has 2 aromatic rings. The summed E-state index contributed by atoms with van der Waals surface area (Å²) < 4.78 is 17.1. The second kappa shape index (κ2) is 13.1. The standard InChI is InChI=1S/C25H25BrN2O5/c1-4-8-18-11-17(13-22(31-5-2)24(18)33-16-23(29)32-6-3)12-19(15-27)25(30)28-21-10-7-9-20(26)14-21/h4,7,9-14H,1,5-6,8,16H2,2-3H3,(H,28,30)/b19-12-. The van der Waals surface area contributed by atoms with Gasteiger partial charge in [0, 0.05) is 15.7 Å². The summed E-state index contributed by atoms with van der Waals surface area (Å²) in [6.07, 6.45) is 3.57. The lowest BCUT2D eigenvalue weighted by Gasteiger charge is -2.16. The Labute approximate surface area is 201 Å². The Morgan fingerprint density at radius 3 is 2.61 bits per heavy atom. The quantitative estimate of drug-likeness (QED) is 0.195. The minimum Gasteiger partial charge on any atom is -0.490 e. The smallest absolute Gasteiger partial charge is 0.344 e. The van der Waals surface area contributed by atoms with Crippen LogP contribution in [-0.2, 0) is 20.7 Å². The van der Waals surface area contributed by atoms with Crippen LogP contribution in [0.25, 0.3) is 6.08 Å². The number of ether oxygens (including phenoxy) is 3. The summed E-state index contributed by atoms with van der Waals surface area (Å²) in [6.45, 7) is 7.63. The monoisotopic (exact) mass is 512 g/mol. The molecule has 7 nitrogen and oxygen atoms in total. The minimum absolute atomic E-state index is 0.0813. The summed E-state index contributed by atoms with van der Waals surface area (Å²) in [5, 5.41) is 12.3. The molecule has 8 heteroatoms. The molecule has 0 bridgehead atoms. The second-order valence-electron chi connectivity index (χ2n) is 6.66. The van der Waals surface area contributed by atoms with Gasteiger partial charge in [-0.2, -0.15) is 5.26 Å². The molecule has 33 heavy (non-hydrogen) atoms. The number of hydrogen-bond acceptors (Lipinski definition) is 6. The van der Waals surface area contributed by atoms with Crippen LogP contribution in [0.5, 0.6) is 11.5 Å². The zero-order valence-electron chi connectivity index (χ0n) is 18.5. The summed E-state index contributed by atoms with van der Waals surface area (Å²) in [5.41, 5.74) is 1.73. The number of amides is 1. The summed E-state index contributed by atoms with van der Waals surface area (Å²) in [6, 6.07) is 12.4. The fraction of sp³-hybridized carbons (Fsp3) is 0.240. The summed E-state index contributed by atoms with van der Waals surface area (Å²) in [4.78, 5) is 24.4. The van der Waals surface area contributed by atoms with Gasteiger partial charge in [0.2, 0.25) is 0 Å². The predicted molar refractivity (Wildman–Crippen MR) is 130 cm³/mol. The zero-order chi connectivity index (χ0) is 24.2. The number of benzene rings is 2. The maximum absolute atomic E-state index is 12.6. The molecule has 172 valence electrons. The maximum atomic E-state index is 12.6. The van der Waals surface area contributed by atoms with Crippen molar-refractivity contribution in [3.8, 4) is 17.6 Å². The van der Waals surface area contributed by atoms with E-state index in [1.54, 1.807) is 43.3 Å². The summed E-state index contributed by atoms with van der Waals surface area (Å²) >= 11 is 3.35. The van der Waals surface area contributed by atoms with Crippen LogP contribution in [0.15, 0.2) is 59.1 Å². The molecule has 0 saturated carbocycles. The first-order chi connectivity index (χ1) is 15.9. The minimum atomic E-state index is -0.540. The van der Waals surface area contributed by atoms with E-state index < -0.39 is 11.9 Å². The third-order valence-electron chi connectivity index (χ3n) is 4.22. The van der Waals surface area contributed by atoms with Gasteiger partial charge in [-0.1, -0.05) is 28.1 Å². The molecule has 0 unspecified atom stereocenters. The van der Waals surface area contributed by atoms with Crippen molar-refractivity contribution in [1.82, 2.24) is 0 Å². The number of esters is 1. The van der Waals surface area contributed by atoms with Crippen molar-refractivity contribution in [2.24, 2.45) is 0 Å². The first-order valence-electron chi connectivity index (χ1n) is 10.3. The molecule has 0 saturated heterocycles. The lowest BCUT2D eigenvalue weighted by molar-refractivity contribution is -0.145. The SMILES string of the molecule is C=CCc1cc(/C=C(/C#N)C(=O)Nc2cccc(Br)c2)cc(OCC)c1OCC(=O)OCC. The predicted octanol–water partition coefficient (Wildman–Crippen LogP) is 5.06. The van der Waals surface area contributed by atoms with Crippen LogP contribution in [0.3, 0.4) is 0 Å². The van der Waals surface area contributed by atoms with Crippen molar-refractivity contribution in [2.45, 2.75) is 20.3 Å². The normalized spacial score (nSPS) is 10.7. The van der Waals surface area contributed by atoms with E-state index in [4.69, 9.17) is 14.2 Å². The average Bonchev–Trinajstić information content (AvgIpc) is 2.77. The molecular weight excluding hydrogens is 488 g/mol. The van der Waals surface area contributed by atoms with Crippen molar-refractivity contribution in [3.63, 3.8) is 0 Å². The summed E-state index contributed by atoms with van der Waals surface area (Å²) in [5.74, 6) is -0.262. The number of hydrogen-bond donors (Lipinski definition) is 1. The van der Waals surface area contributed by atoms with Gasteiger partial charge in [0.05, 0.1) is 13.2 Å². The van der Waals surface area contributed by atoms with Crippen LogP contribution in [0, 0.1) is 11.3 Å². The van der Waals surface area contributed by atoms with Crippen molar-refractivity contribution >= 4 is 39.6 Å². The molecule has 0 heterocycles. The Bertz CT molecular complexity index is 1090. The van der Waals surface area contributed by atoms with E-state index in [0.29, 0.717) is 41.3 Å². The Hall–Kier alpha value is -3.57. The number of halogens is 1. The van der Waals surface area contributed by atoms with E-state index >= 15 is 0 Å². The number of anilines is 1. The van der Waals surface area contributed by atoms with Crippen molar-refractivity contribution < 1.29 is 23.8 Å². The van der Waals surface area contributed by atoms with Gasteiger partial charge in [-0.3, -0.25) is 4.79 Å². The maximum Gasteiger partial charge on any atom is 0.344 e. The fourth-order valence-electron chi connectivity index (χ4n) is 2.91. The van der Waals surface area contributed by atoms with Crippen molar-refractivity contribution in [1.29, 1.82) is 5.26 Å². The first-order valence-corrected chi connectivity index (χ1v) is 11.1. The average molecular weight is 513 g/mol. The van der Waals surface area contributed by atoms with Crippen LogP contribution in [0.4, 0.5) is 5.69 Å². The molecule has 0 aliphatic rings. The lowest BCUT2D eigenvalue weighted by Crippen LogP contribution is -2.16. The molecular formula is C25H25BrN2O5. The number of allylic oxidation sites excluding steroid dienone is 1. The molecule has 0 aliphatic carbocycles. The molecule has 0 radical (unpaired) electrons. The van der Waals surface area contributed by atoms with Crippen LogP contribution < -0.4 is 14.8 Å². The third-order valence-corrected chi connectivity index (χ3v) is 4.71. The van der Waals surface area contributed by atoms with E-state index in [9.17, 15) is 14.9 Å². The van der Waals surface area contributed by atoms with Gasteiger partial charge in [-0.25, -0.2) is 4.79 Å². The van der Waals surface area contributed by atoms with Crippen LogP contribution in [0.2, 0.25) is 0 Å². The van der Waals surface area contributed by atoms with E-state index in [1.807, 2.05) is 19.1 Å². The topological polar surface area (TPSA) is 97.7 Å². The summed E-state index contributed by atoms with van der Waals surface area (Å²) in [7, 11) is 0. The highest BCUT2D eigenvalue weighted by atomic mass is 79.9. The van der Waals surface area contributed by atoms with Crippen LogP contribution >= 0.6 is 15.9 Å². The Kier molecular flexibility index (Phi) is 10.2. The number of carbonyl (C=O) groups excluding carboxylic acids is 2. The molecule has 0 aliphatic heterocycles. The van der Waals surface area contributed by atoms with E-state index in [1.165, 1.54) is 6.08 Å². The van der Waals surface area contributed by atoms with Gasteiger partial charge < -0.3 is 19.5 Å². The molecule has 0 aromatic heterocycles. The van der Waals surface area contributed by atoms with E-state index in [2.05, 4.69) is 27.8 Å². The van der Waals surface area contributed by atoms with Gasteiger partial charge in [-0.15, -0.1) is 6.58 Å². The number of nitrogens with zero attached hydrogens (tertiary/aromatic N) is 1. The van der Waals surface area contributed by atoms with Gasteiger partial charge in [0.25, 0.3) is 5.91 Å². The van der Waals surface area contributed by atoms with E-state index in [0.717, 1.165) is 4.47 Å². The molecule has 2 aromatic carbocycles. The van der Waals surface area contributed by atoms with Gasteiger partial charge in [0.15, 0.2) is 18.1 Å². The number of nitriles is 1. The molecule has 1 N–H and O–H groups in total. The molecule has 0 atom stereocenters. The van der Waals surface area contributed by atoms with Crippen molar-refractivity contribution in [3.05, 3.63) is 70.2 Å². The zero-order valence-corrected chi connectivity index (χ0v) is 20.1. The lowest BCUT2D eigenvalue weighted by atomic mass is 10.0. The first kappa shape index (κ1) is 25.7. The molecule has 2 rings (SSSR count). The van der Waals surface area contributed by atoms with Gasteiger partial charge in [0.1, 0.15) is 11.6 Å². The van der Waals surface area contributed by atoms with Crippen LogP contribution in [0.1, 0.15) is 25.0 Å². The van der Waals surface area contributed by atoms with Crippen LogP contribution in [-0.4, -0.2) is 31.7 Å². The molecule has 1 amide bonds. The van der Waals surface area contributed by atoms with E-state index in [-0.39, 0.29) is 18.8 Å². The Balaban J connectivity index is 2.39. The van der Waals surface area contributed by atoms with Gasteiger partial charge >= 0.3 is 5.97 Å². The van der Waals surface area contributed by atoms with Gasteiger partial charge in [-0.05, 0) is 62.2 Å². The highest BCUT2D eigenvalue weighted by Gasteiger charge is 2.16. The fourth-order valence-corrected chi connectivity index (χ4v) is 3.31.